The van der Waals surface area contributed by atoms with Gasteiger partial charge in [-0.05, 0) is 50.6 Å². The molecule has 3 aromatic rings. The van der Waals surface area contributed by atoms with Gasteiger partial charge in [-0.1, -0.05) is 12.1 Å². The molecule has 160 valence electrons. The van der Waals surface area contributed by atoms with Gasteiger partial charge >= 0.3 is 5.57 Å². The lowest BCUT2D eigenvalue weighted by atomic mass is 10.1. The van der Waals surface area contributed by atoms with Crippen molar-refractivity contribution < 1.29 is 23.2 Å². The molecule has 0 saturated carbocycles. The van der Waals surface area contributed by atoms with Gasteiger partial charge in [-0.15, -0.1) is 8.78 Å². The summed E-state index contributed by atoms with van der Waals surface area (Å²) in [5, 5.41) is 11.1. The summed E-state index contributed by atoms with van der Waals surface area (Å²) in [6.07, 6.45) is 0.673. The molecule has 0 aliphatic heterocycles. The number of alkyl halides is 3. The molecule has 0 saturated heterocycles. The number of nitrogens with zero attached hydrogens (tertiary/aromatic N) is 1. The maximum absolute atomic E-state index is 12.6. The van der Waals surface area contributed by atoms with Crippen molar-refractivity contribution >= 4 is 34.0 Å². The van der Waals surface area contributed by atoms with Crippen LogP contribution in [0.2, 0.25) is 0 Å². The summed E-state index contributed by atoms with van der Waals surface area (Å²) in [5.41, 5.74) is 4.99. The second-order valence-corrected chi connectivity index (χ2v) is 6.83. The van der Waals surface area contributed by atoms with Crippen molar-refractivity contribution in [1.82, 2.24) is 4.98 Å². The van der Waals surface area contributed by atoms with E-state index in [2.05, 4.69) is 9.72 Å². The number of nitrogens with two attached hydrogens (primary N) is 1. The van der Waals surface area contributed by atoms with E-state index in [1.54, 1.807) is 18.2 Å². The van der Waals surface area contributed by atoms with Crippen molar-refractivity contribution in [3.05, 3.63) is 69.4 Å². The average molecular weight is 440 g/mol. The highest BCUT2D eigenvalue weighted by Crippen LogP contribution is 2.30. The summed E-state index contributed by atoms with van der Waals surface area (Å²) in [5.74, 6) is -0.140. The van der Waals surface area contributed by atoms with Gasteiger partial charge in [-0.25, -0.2) is 0 Å². The minimum absolute atomic E-state index is 0.0276. The number of rotatable bonds is 6. The monoisotopic (exact) mass is 439 g/mol. The molecule has 30 heavy (non-hydrogen) atoms. The fourth-order valence-corrected chi connectivity index (χ4v) is 2.95. The van der Waals surface area contributed by atoms with Crippen LogP contribution in [0.3, 0.4) is 0 Å². The van der Waals surface area contributed by atoms with Gasteiger partial charge in [0.1, 0.15) is 5.75 Å². The van der Waals surface area contributed by atoms with E-state index in [1.165, 1.54) is 31.2 Å². The largest absolute Gasteiger partial charge is 0.487 e. The Morgan fingerprint density at radius 2 is 2.00 bits per heavy atom. The molecule has 0 amide bonds. The molecule has 0 unspecified atom stereocenters. The fourth-order valence-electron chi connectivity index (χ4n) is 2.86. The molecule has 1 aromatic heterocycles. The molecule has 3 N–H and O–H groups in total. The van der Waals surface area contributed by atoms with Crippen LogP contribution in [0.1, 0.15) is 28.5 Å². The number of aromatic amines is 1. The molecule has 0 fully saturated rings. The maximum atomic E-state index is 12.6. The van der Waals surface area contributed by atoms with Crippen LogP contribution >= 0.6 is 11.6 Å². The Kier molecular flexibility index (Phi) is 7.47. The van der Waals surface area contributed by atoms with Crippen LogP contribution in [-0.2, 0) is 6.42 Å². The van der Waals surface area contributed by atoms with Gasteiger partial charge in [0.25, 0.3) is 5.69 Å². The predicted octanol–water partition coefficient (Wildman–Crippen LogP) is 4.94. The Labute approximate surface area is 175 Å². The number of carbonyl (C=O) groups excluding carboxylic acids is 1. The van der Waals surface area contributed by atoms with Crippen LogP contribution in [0.15, 0.2) is 42.5 Å². The zero-order chi connectivity index (χ0) is 22.5. The van der Waals surface area contributed by atoms with Crippen LogP contribution in [0, 0.1) is 17.0 Å². The van der Waals surface area contributed by atoms with Gasteiger partial charge < -0.3 is 15.5 Å². The first-order chi connectivity index (χ1) is 14.0. The molecule has 7 nitrogen and oxygen atoms in total. The molecule has 1 heterocycles. The number of aromatic nitrogens is 1. The summed E-state index contributed by atoms with van der Waals surface area (Å²) < 4.78 is 29.5. The van der Waals surface area contributed by atoms with Gasteiger partial charge in [0.05, 0.1) is 4.92 Å². The van der Waals surface area contributed by atoms with E-state index < -0.39 is 10.5 Å². The number of hydrogen-bond donors (Lipinski definition) is 2. The lowest BCUT2D eigenvalue weighted by Gasteiger charge is -2.10. The Morgan fingerprint density at radius 3 is 2.57 bits per heavy atom. The topological polar surface area (TPSA) is 111 Å². The van der Waals surface area contributed by atoms with Crippen molar-refractivity contribution in [2.24, 2.45) is 5.73 Å². The SMILES string of the molecule is CC(=O)c1cccc([N+](=O)[O-])c1.Cc1[nH]c2ccc(OC(F)(F)Cl)cc2c1CCN. The molecule has 3 rings (SSSR count). The van der Waals surface area contributed by atoms with Crippen molar-refractivity contribution in [3.8, 4) is 5.75 Å². The number of nitro benzene ring substituents is 1. The number of fused-ring (bicyclic) bond motifs is 1. The van der Waals surface area contributed by atoms with Crippen LogP contribution in [0.5, 0.6) is 5.75 Å². The normalized spacial score (nSPS) is 11.0. The zero-order valence-electron chi connectivity index (χ0n) is 16.2. The Hall–Kier alpha value is -3.04. The van der Waals surface area contributed by atoms with E-state index in [0.29, 0.717) is 18.5 Å². The third-order valence-electron chi connectivity index (χ3n) is 4.18. The van der Waals surface area contributed by atoms with Gasteiger partial charge in [-0.2, -0.15) is 0 Å². The van der Waals surface area contributed by atoms with Gasteiger partial charge in [0.2, 0.25) is 0 Å². The number of benzene rings is 2. The first kappa shape index (κ1) is 23.2. The first-order valence-electron chi connectivity index (χ1n) is 8.84. The number of halogens is 3. The van der Waals surface area contributed by atoms with Crippen molar-refractivity contribution in [1.29, 1.82) is 0 Å². The number of ketones is 1. The predicted molar refractivity (Wildman–Crippen MR) is 110 cm³/mol. The molecule has 10 heteroatoms. The van der Waals surface area contributed by atoms with E-state index in [9.17, 15) is 23.7 Å². The zero-order valence-corrected chi connectivity index (χ0v) is 17.0. The van der Waals surface area contributed by atoms with E-state index in [0.717, 1.165) is 22.2 Å². The average Bonchev–Trinajstić information content (AvgIpc) is 2.96. The second kappa shape index (κ2) is 9.64. The number of aryl methyl sites for hydroxylation is 1. The van der Waals surface area contributed by atoms with Crippen molar-refractivity contribution in [3.63, 3.8) is 0 Å². The Bertz CT molecular complexity index is 1030. The third kappa shape index (κ3) is 6.23. The highest BCUT2D eigenvalue weighted by Gasteiger charge is 2.27. The van der Waals surface area contributed by atoms with Crippen molar-refractivity contribution in [2.45, 2.75) is 25.8 Å². The molecule has 0 radical (unpaired) electrons. The van der Waals surface area contributed by atoms with Crippen LogP contribution in [0.4, 0.5) is 14.5 Å². The minimum atomic E-state index is -3.70. The molecular formula is C20H20ClF2N3O4. The number of Topliss-reactive ketones (excluding diaryl/α,β-unsaturated/α-hetero) is 1. The number of carbonyl (C=O) groups is 1. The van der Waals surface area contributed by atoms with Gasteiger partial charge in [-0.3, -0.25) is 14.9 Å². The minimum Gasteiger partial charge on any atom is -0.420 e. The summed E-state index contributed by atoms with van der Waals surface area (Å²) in [7, 11) is 0. The number of ether oxygens (including phenoxy) is 1. The number of H-pyrrole nitrogens is 1. The highest BCUT2D eigenvalue weighted by molar-refractivity contribution is 6.20. The van der Waals surface area contributed by atoms with Crippen molar-refractivity contribution in [2.75, 3.05) is 6.54 Å². The molecule has 0 aliphatic rings. The Balaban J connectivity index is 0.000000232. The number of non-ortho nitro benzene ring substituents is 1. The fraction of sp³-hybridized carbons (Fsp3) is 0.250. The van der Waals surface area contributed by atoms with E-state index in [4.69, 9.17) is 17.3 Å². The summed E-state index contributed by atoms with van der Waals surface area (Å²) in [4.78, 5) is 23.7. The lowest BCUT2D eigenvalue weighted by molar-refractivity contribution is -0.384. The lowest BCUT2D eigenvalue weighted by Crippen LogP contribution is -2.15. The quantitative estimate of drug-likeness (QED) is 0.244. The van der Waals surface area contributed by atoms with Crippen LogP contribution in [-0.4, -0.2) is 27.8 Å². The standard InChI is InChI=1S/C12H13ClF2N2O.C8H7NO3/c1-7-9(4-5-16)10-6-8(18-12(13,14)15)2-3-11(10)17-7;1-6(10)7-3-2-4-8(5-7)9(11)12/h2-3,6,17H,4-5,16H2,1H3;2-5H,1H3. The van der Waals surface area contributed by atoms with Crippen LogP contribution in [0.25, 0.3) is 10.9 Å². The number of nitro groups is 1. The first-order valence-corrected chi connectivity index (χ1v) is 9.22. The summed E-state index contributed by atoms with van der Waals surface area (Å²) >= 11 is 4.74. The molecule has 0 atom stereocenters. The summed E-state index contributed by atoms with van der Waals surface area (Å²) in [6.45, 7) is 3.78. The smallest absolute Gasteiger partial charge is 0.420 e. The maximum Gasteiger partial charge on any atom is 0.487 e. The van der Waals surface area contributed by atoms with E-state index in [-0.39, 0.29) is 17.2 Å². The van der Waals surface area contributed by atoms with E-state index in [1.807, 2.05) is 6.92 Å². The van der Waals surface area contributed by atoms with E-state index >= 15 is 0 Å². The van der Waals surface area contributed by atoms with Gasteiger partial charge in [0.15, 0.2) is 5.78 Å². The molecular weight excluding hydrogens is 420 g/mol. The molecule has 0 aliphatic carbocycles. The summed E-state index contributed by atoms with van der Waals surface area (Å²) in [6, 6.07) is 10.3. The van der Waals surface area contributed by atoms with Crippen LogP contribution < -0.4 is 10.5 Å². The number of nitrogens with one attached hydrogen (secondary N) is 1. The Morgan fingerprint density at radius 1 is 1.30 bits per heavy atom. The third-order valence-corrected chi connectivity index (χ3v) is 4.26. The number of hydrogen-bond acceptors (Lipinski definition) is 5. The second-order valence-electron chi connectivity index (χ2n) is 6.39. The van der Waals surface area contributed by atoms with Gasteiger partial charge in [0, 0.05) is 45.9 Å². The molecule has 2 aromatic carbocycles. The molecule has 0 bridgehead atoms. The molecule has 0 spiro atoms. The highest BCUT2D eigenvalue weighted by atomic mass is 35.5.